The van der Waals surface area contributed by atoms with Crippen LogP contribution in [-0.2, 0) is 6.42 Å². The van der Waals surface area contributed by atoms with Crippen LogP contribution in [0.3, 0.4) is 0 Å². The van der Waals surface area contributed by atoms with Crippen molar-refractivity contribution in [3.8, 4) is 22.1 Å². The second-order valence-electron chi connectivity index (χ2n) is 6.60. The fraction of sp³-hybridized carbons (Fsp3) is 0.190. The van der Waals surface area contributed by atoms with Crippen molar-refractivity contribution in [2.45, 2.75) is 13.3 Å². The van der Waals surface area contributed by atoms with Crippen molar-refractivity contribution in [2.24, 2.45) is 0 Å². The summed E-state index contributed by atoms with van der Waals surface area (Å²) < 4.78 is 12.3. The number of nitrogens with zero attached hydrogens (tertiary/aromatic N) is 4. The molecule has 0 unspecified atom stereocenters. The smallest absolute Gasteiger partial charge is 0.264 e. The number of ether oxygens (including phenoxy) is 2. The molecule has 9 nitrogen and oxygen atoms in total. The molecule has 0 fully saturated rings. The molecule has 0 aliphatic heterocycles. The van der Waals surface area contributed by atoms with Gasteiger partial charge in [0.2, 0.25) is 4.96 Å². The van der Waals surface area contributed by atoms with Crippen molar-refractivity contribution in [1.82, 2.24) is 25.1 Å². The Balaban J connectivity index is 1.51. The molecule has 11 heteroatoms. The van der Waals surface area contributed by atoms with Gasteiger partial charge in [0.25, 0.3) is 5.91 Å². The van der Waals surface area contributed by atoms with Crippen molar-refractivity contribution in [3.63, 3.8) is 0 Å². The van der Waals surface area contributed by atoms with Gasteiger partial charge in [-0.1, -0.05) is 36.5 Å². The molecule has 1 amide bonds. The average molecular weight is 469 g/mol. The predicted octanol–water partition coefficient (Wildman–Crippen LogP) is 3.56. The van der Waals surface area contributed by atoms with Crippen LogP contribution in [0.5, 0.6) is 11.5 Å². The van der Waals surface area contributed by atoms with Crippen molar-refractivity contribution in [1.29, 1.82) is 0 Å². The molecule has 4 aromatic rings. The van der Waals surface area contributed by atoms with E-state index in [1.807, 2.05) is 31.2 Å². The average Bonchev–Trinajstić information content (AvgIpc) is 3.39. The van der Waals surface area contributed by atoms with E-state index in [9.17, 15) is 4.79 Å². The molecule has 0 radical (unpaired) electrons. The number of thiocarbonyl (C=S) groups is 1. The first-order valence-corrected chi connectivity index (χ1v) is 10.9. The van der Waals surface area contributed by atoms with Gasteiger partial charge in [0.05, 0.1) is 14.2 Å². The highest BCUT2D eigenvalue weighted by atomic mass is 32.1. The van der Waals surface area contributed by atoms with Crippen molar-refractivity contribution < 1.29 is 14.3 Å². The number of anilines is 1. The van der Waals surface area contributed by atoms with E-state index in [4.69, 9.17) is 21.7 Å². The first-order valence-electron chi connectivity index (χ1n) is 9.69. The number of aryl methyl sites for hydroxylation is 1. The Labute approximate surface area is 193 Å². The van der Waals surface area contributed by atoms with E-state index < -0.39 is 5.91 Å². The van der Waals surface area contributed by atoms with Crippen molar-refractivity contribution >= 4 is 45.2 Å². The first-order chi connectivity index (χ1) is 15.5. The quantitative estimate of drug-likeness (QED) is 0.414. The van der Waals surface area contributed by atoms with Gasteiger partial charge in [-0.3, -0.25) is 10.1 Å². The number of hydrogen-bond acceptors (Lipinski definition) is 8. The van der Waals surface area contributed by atoms with E-state index in [0.717, 1.165) is 27.8 Å². The van der Waals surface area contributed by atoms with Crippen LogP contribution in [0.2, 0.25) is 0 Å². The summed E-state index contributed by atoms with van der Waals surface area (Å²) in [7, 11) is 2.98. The second kappa shape index (κ2) is 9.28. The lowest BCUT2D eigenvalue weighted by Crippen LogP contribution is -2.34. The molecule has 2 N–H and O–H groups in total. The van der Waals surface area contributed by atoms with E-state index in [2.05, 4.69) is 25.9 Å². The largest absolute Gasteiger partial charge is 0.496 e. The molecule has 2 aromatic carbocycles. The standard InChI is InChI=1S/C21H20N6O3S2/c1-4-16-24-25-21-27(16)26-19(32-21)12-7-5-8-13(11-12)22-20(31)23-18(28)17-14(29-2)9-6-10-15(17)30-3/h5-11H,4H2,1-3H3,(H2,22,23,28,31). The normalized spacial score (nSPS) is 10.7. The van der Waals surface area contributed by atoms with E-state index in [-0.39, 0.29) is 10.7 Å². The number of hydrogen-bond donors (Lipinski definition) is 2. The molecule has 0 aliphatic rings. The first kappa shape index (κ1) is 21.7. The van der Waals surface area contributed by atoms with E-state index in [1.54, 1.807) is 22.7 Å². The Kier molecular flexibility index (Phi) is 6.28. The third kappa shape index (κ3) is 4.25. The molecule has 4 rings (SSSR count). The molecular formula is C21H20N6O3S2. The van der Waals surface area contributed by atoms with E-state index in [1.165, 1.54) is 25.6 Å². The van der Waals surface area contributed by atoms with Crippen LogP contribution in [0.25, 0.3) is 15.5 Å². The Hall–Kier alpha value is -3.57. The minimum atomic E-state index is -0.436. The molecule has 0 bridgehead atoms. The molecule has 164 valence electrons. The third-order valence-corrected chi connectivity index (χ3v) is 5.77. The van der Waals surface area contributed by atoms with Crippen LogP contribution in [-0.4, -0.2) is 45.1 Å². The predicted molar refractivity (Wildman–Crippen MR) is 127 cm³/mol. The number of carbonyl (C=O) groups is 1. The second-order valence-corrected chi connectivity index (χ2v) is 7.96. The minimum Gasteiger partial charge on any atom is -0.496 e. The summed E-state index contributed by atoms with van der Waals surface area (Å²) in [6.45, 7) is 2.01. The SMILES string of the molecule is CCc1nnc2sc(-c3cccc(NC(=S)NC(=O)c4c(OC)cccc4OC)c3)nn12. The van der Waals surface area contributed by atoms with Crippen LogP contribution in [0.15, 0.2) is 42.5 Å². The van der Waals surface area contributed by atoms with Gasteiger partial charge >= 0.3 is 0 Å². The summed E-state index contributed by atoms with van der Waals surface area (Å²) >= 11 is 6.79. The van der Waals surface area contributed by atoms with Gasteiger partial charge in [0.15, 0.2) is 10.9 Å². The minimum absolute atomic E-state index is 0.145. The van der Waals surface area contributed by atoms with Gasteiger partial charge in [-0.2, -0.15) is 9.61 Å². The molecule has 0 aliphatic carbocycles. The van der Waals surface area contributed by atoms with Crippen molar-refractivity contribution in [2.75, 3.05) is 19.5 Å². The fourth-order valence-electron chi connectivity index (χ4n) is 3.13. The van der Waals surface area contributed by atoms with Gasteiger partial charge < -0.3 is 14.8 Å². The lowest BCUT2D eigenvalue weighted by Gasteiger charge is -2.14. The van der Waals surface area contributed by atoms with Gasteiger partial charge in [0.1, 0.15) is 22.1 Å². The van der Waals surface area contributed by atoms with E-state index >= 15 is 0 Å². The van der Waals surface area contributed by atoms with Crippen LogP contribution < -0.4 is 20.1 Å². The zero-order valence-electron chi connectivity index (χ0n) is 17.6. The fourth-order valence-corrected chi connectivity index (χ4v) is 4.19. The third-order valence-electron chi connectivity index (χ3n) is 4.62. The Morgan fingerprint density at radius 2 is 1.84 bits per heavy atom. The number of aromatic nitrogens is 4. The van der Waals surface area contributed by atoms with Gasteiger partial charge in [-0.25, -0.2) is 0 Å². The monoisotopic (exact) mass is 468 g/mol. The molecular weight excluding hydrogens is 448 g/mol. The number of fused-ring (bicyclic) bond motifs is 1. The highest BCUT2D eigenvalue weighted by Gasteiger charge is 2.19. The summed E-state index contributed by atoms with van der Waals surface area (Å²) in [5, 5.41) is 19.6. The van der Waals surface area contributed by atoms with Crippen LogP contribution in [0.4, 0.5) is 5.69 Å². The van der Waals surface area contributed by atoms with Gasteiger partial charge in [-0.05, 0) is 36.5 Å². The Morgan fingerprint density at radius 3 is 2.53 bits per heavy atom. The van der Waals surface area contributed by atoms with Crippen LogP contribution in [0, 0.1) is 0 Å². The van der Waals surface area contributed by atoms with Crippen molar-refractivity contribution in [3.05, 3.63) is 53.9 Å². The summed E-state index contributed by atoms with van der Waals surface area (Å²) in [5.41, 5.74) is 1.87. The Morgan fingerprint density at radius 1 is 1.12 bits per heavy atom. The maximum Gasteiger partial charge on any atom is 0.264 e. The van der Waals surface area contributed by atoms with Gasteiger partial charge in [-0.15, -0.1) is 10.2 Å². The number of carbonyl (C=O) groups excluding carboxylic acids is 1. The Bertz CT molecular complexity index is 1280. The molecule has 0 spiro atoms. The molecule has 2 aromatic heterocycles. The highest BCUT2D eigenvalue weighted by molar-refractivity contribution is 7.80. The molecule has 32 heavy (non-hydrogen) atoms. The zero-order valence-corrected chi connectivity index (χ0v) is 19.2. The number of methoxy groups -OCH3 is 2. The lowest BCUT2D eigenvalue weighted by atomic mass is 10.1. The highest BCUT2D eigenvalue weighted by Crippen LogP contribution is 2.29. The lowest BCUT2D eigenvalue weighted by molar-refractivity contribution is 0.0971. The van der Waals surface area contributed by atoms with E-state index in [0.29, 0.717) is 17.2 Å². The summed E-state index contributed by atoms with van der Waals surface area (Å²) in [6, 6.07) is 12.7. The van der Waals surface area contributed by atoms with Gasteiger partial charge in [0, 0.05) is 17.7 Å². The molecule has 0 saturated heterocycles. The summed E-state index contributed by atoms with van der Waals surface area (Å²) in [4.78, 5) is 13.5. The summed E-state index contributed by atoms with van der Waals surface area (Å²) in [6.07, 6.45) is 0.747. The maximum absolute atomic E-state index is 12.8. The number of nitrogens with one attached hydrogen (secondary N) is 2. The number of benzene rings is 2. The number of amides is 1. The maximum atomic E-state index is 12.8. The molecule has 0 atom stereocenters. The topological polar surface area (TPSA) is 103 Å². The molecule has 0 saturated carbocycles. The number of rotatable bonds is 6. The van der Waals surface area contributed by atoms with Crippen LogP contribution in [0.1, 0.15) is 23.1 Å². The zero-order chi connectivity index (χ0) is 22.7. The summed E-state index contributed by atoms with van der Waals surface area (Å²) in [5.74, 6) is 1.16. The molecule has 2 heterocycles. The van der Waals surface area contributed by atoms with Crippen LogP contribution >= 0.6 is 23.6 Å².